The number of nitrogens with one attached hydrogen (secondary N) is 3. The van der Waals surface area contributed by atoms with Crippen LogP contribution in [0.1, 0.15) is 41.7 Å². The Kier molecular flexibility index (Phi) is 23.7. The van der Waals surface area contributed by atoms with Crippen molar-refractivity contribution in [3.63, 3.8) is 0 Å². The molecule has 0 fully saturated rings. The van der Waals surface area contributed by atoms with Crippen molar-refractivity contribution >= 4 is 116 Å². The Balaban J connectivity index is 0.000000163. The van der Waals surface area contributed by atoms with Crippen LogP contribution in [0, 0.1) is 13.1 Å². The summed E-state index contributed by atoms with van der Waals surface area (Å²) in [7, 11) is 12.0. The lowest BCUT2D eigenvalue weighted by Crippen LogP contribution is -2.23. The Morgan fingerprint density at radius 1 is 0.526 bits per heavy atom. The van der Waals surface area contributed by atoms with Gasteiger partial charge in [0.25, 0.3) is 17.3 Å². The molecular formula is C71H67N17O6S3. The zero-order valence-electron chi connectivity index (χ0n) is 53.6. The fourth-order valence-corrected chi connectivity index (χ4v) is 11.8. The Morgan fingerprint density at radius 3 is 1.26 bits per heavy atom. The Hall–Kier alpha value is -12.1. The monoisotopic (exact) mass is 1350 g/mol. The van der Waals surface area contributed by atoms with Crippen molar-refractivity contribution in [2.24, 2.45) is 5.73 Å². The molecule has 0 bridgehead atoms. The number of rotatable bonds is 20. The largest absolute Gasteiger partial charge is 0.486 e. The molecule has 12 rings (SSSR count). The standard InChI is InChI=1S/C29H26N8O2S.C16H14N2O2S.C13H14N6O.C13H13NOS/c1-31-23(14-22-12-13-24(40-22)20-8-10-21(11-9-20)37(2)3)27(38)32-15-18-4-6-19(7-5-18)16-39-28-25-26(34-17-33-25)35-29(30)36-28;1-17-14(16(19)20)10-13-8-9-15(21-13)11-4-6-12(7-5-11)18(2)3;14-5-8-1-3-9(4-2-8)6-20-12-10-11(17-7-16-10)18-13(15)19-12;1-14(2)11-5-3-10(4-6-11)13-8-7-12(9-15)16-13/h4-14,17H,15-16H2,2-3H3,(H,32,38)(H3,30,33,34,35,36);4-10H,2-3H3,(H,19,20);1-4,7H,5-6,14H2,(H3,15,16,17,18,19);3-9H,1-2H3/b23-14-;14-10-;;. The molecule has 97 heavy (non-hydrogen) atoms. The highest BCUT2D eigenvalue weighted by Gasteiger charge is 2.15. The molecule has 12 aromatic rings. The maximum Gasteiger partial charge on any atom is 0.333 e. The number of carboxylic acids is 1. The molecule has 0 aliphatic carbocycles. The van der Waals surface area contributed by atoms with Crippen molar-refractivity contribution in [2.75, 3.05) is 68.5 Å². The first-order chi connectivity index (χ1) is 46.9. The molecule has 5 aromatic carbocycles. The number of hydrogen-bond donors (Lipinski definition) is 7. The lowest BCUT2D eigenvalue weighted by molar-refractivity contribution is -0.132. The SMILES string of the molecule is CN(C)c1ccc(-c2ccc(C=O)s2)cc1.NCc1ccc(COc2nc(N)nc3nc[nH]c23)cc1.[C-]#[N+]/C(=C\c1ccc(-c2ccc(N(C)C)cc2)s1)C(=O)NCc1ccc(COc2nc(N)nc3nc[nH]c23)cc1.[C-]#[N+]/C(=C\c1ccc(-c2ccc(N(C)C)cc2)s1)C(=O)O. The van der Waals surface area contributed by atoms with Gasteiger partial charge in [0.15, 0.2) is 17.6 Å². The third kappa shape index (κ3) is 19.1. The Morgan fingerprint density at radius 2 is 0.897 bits per heavy atom. The molecule has 1 amide bonds. The maximum atomic E-state index is 12.7. The number of benzene rings is 5. The number of carbonyl (C=O) groups excluding carboxylic acids is 2. The number of thiophene rings is 3. The van der Waals surface area contributed by atoms with Gasteiger partial charge in [-0.15, -0.1) is 34.0 Å². The number of aliphatic carboxylic acids is 1. The van der Waals surface area contributed by atoms with Gasteiger partial charge in [-0.05, 0) is 124 Å². The normalized spacial score (nSPS) is 10.9. The fourth-order valence-electron chi connectivity index (χ4n) is 9.03. The quantitative estimate of drug-likeness (QED) is 0.0212. The van der Waals surface area contributed by atoms with Crippen LogP contribution < -0.4 is 46.7 Å². The van der Waals surface area contributed by atoms with Gasteiger partial charge in [0, 0.05) is 96.8 Å². The summed E-state index contributed by atoms with van der Waals surface area (Å²) < 4.78 is 11.5. The third-order valence-electron chi connectivity index (χ3n) is 14.3. The fraction of sp³-hybridized carbons (Fsp3) is 0.141. The van der Waals surface area contributed by atoms with Crippen LogP contribution in [0.3, 0.4) is 0 Å². The molecule has 7 aromatic heterocycles. The van der Waals surface area contributed by atoms with Crippen molar-refractivity contribution in [3.8, 4) is 43.1 Å². The first kappa shape index (κ1) is 69.3. The van der Waals surface area contributed by atoms with Gasteiger partial charge in [-0.1, -0.05) is 84.9 Å². The van der Waals surface area contributed by atoms with E-state index in [2.05, 4.69) is 108 Å². The summed E-state index contributed by atoms with van der Waals surface area (Å²) in [5, 5.41) is 11.7. The van der Waals surface area contributed by atoms with Gasteiger partial charge in [0.1, 0.15) is 24.2 Å². The second-order valence-electron chi connectivity index (χ2n) is 21.7. The first-order valence-electron chi connectivity index (χ1n) is 29.7. The van der Waals surface area contributed by atoms with E-state index in [1.807, 2.05) is 161 Å². The lowest BCUT2D eigenvalue weighted by atomic mass is 10.1. The van der Waals surface area contributed by atoms with E-state index in [1.165, 1.54) is 58.4 Å². The molecule has 0 aliphatic rings. The Bertz CT molecular complexity index is 4790. The van der Waals surface area contributed by atoms with E-state index in [0.717, 1.165) is 85.9 Å². The van der Waals surface area contributed by atoms with Crippen LogP contribution in [0.25, 0.3) is 75.5 Å². The number of carboxylic acid groups (broad SMARTS) is 1. The molecule has 0 atom stereocenters. The number of H-pyrrole nitrogens is 2. The summed E-state index contributed by atoms with van der Waals surface area (Å²) in [6.45, 7) is 15.8. The molecule has 7 heterocycles. The van der Waals surface area contributed by atoms with E-state index in [4.69, 9.17) is 44.9 Å². The van der Waals surface area contributed by atoms with Crippen LogP contribution >= 0.6 is 34.0 Å². The minimum Gasteiger partial charge on any atom is -0.486 e. The molecule has 0 aliphatic heterocycles. The number of aromatic amines is 2. The summed E-state index contributed by atoms with van der Waals surface area (Å²) >= 11 is 4.52. The maximum absolute atomic E-state index is 12.7. The van der Waals surface area contributed by atoms with E-state index in [1.54, 1.807) is 6.08 Å². The summed E-state index contributed by atoms with van der Waals surface area (Å²) in [6.07, 6.45) is 6.95. The van der Waals surface area contributed by atoms with Crippen LogP contribution in [0.15, 0.2) is 182 Å². The topological polar surface area (TPSA) is 307 Å². The molecule has 490 valence electrons. The van der Waals surface area contributed by atoms with Gasteiger partial charge < -0.3 is 61.8 Å². The van der Waals surface area contributed by atoms with E-state index >= 15 is 0 Å². The molecule has 0 saturated heterocycles. The number of aldehydes is 1. The average molecular weight is 1350 g/mol. The summed E-state index contributed by atoms with van der Waals surface area (Å²) in [4.78, 5) is 82.6. The van der Waals surface area contributed by atoms with Gasteiger partial charge in [-0.3, -0.25) is 14.4 Å². The van der Waals surface area contributed by atoms with Crippen molar-refractivity contribution in [1.82, 2.24) is 45.2 Å². The molecule has 10 N–H and O–H groups in total. The van der Waals surface area contributed by atoms with Gasteiger partial charge in [0.05, 0.1) is 30.7 Å². The molecular weight excluding hydrogens is 1280 g/mol. The van der Waals surface area contributed by atoms with E-state index in [0.29, 0.717) is 47.2 Å². The van der Waals surface area contributed by atoms with Gasteiger partial charge in [-0.25, -0.2) is 19.7 Å². The van der Waals surface area contributed by atoms with Gasteiger partial charge in [0.2, 0.25) is 23.7 Å². The lowest BCUT2D eigenvalue weighted by Gasteiger charge is -2.12. The summed E-state index contributed by atoms with van der Waals surface area (Å²) in [6, 6.07) is 51.7. The zero-order chi connectivity index (χ0) is 69.0. The third-order valence-corrected chi connectivity index (χ3v) is 17.5. The number of amides is 1. The molecule has 0 radical (unpaired) electrons. The number of nitrogens with two attached hydrogens (primary N) is 3. The number of carbonyl (C=O) groups is 3. The predicted molar refractivity (Wildman–Crippen MR) is 388 cm³/mol. The number of ether oxygens (including phenoxy) is 2. The highest BCUT2D eigenvalue weighted by atomic mass is 32.1. The molecule has 0 saturated carbocycles. The minimum atomic E-state index is -1.20. The van der Waals surface area contributed by atoms with Crippen LogP contribution in [0.2, 0.25) is 0 Å². The van der Waals surface area contributed by atoms with Crippen LogP contribution in [-0.2, 0) is 35.9 Å². The van der Waals surface area contributed by atoms with Gasteiger partial charge in [-0.2, -0.15) is 19.9 Å². The van der Waals surface area contributed by atoms with Crippen molar-refractivity contribution in [1.29, 1.82) is 0 Å². The number of anilines is 5. The highest BCUT2D eigenvalue weighted by Crippen LogP contribution is 2.34. The number of aromatic nitrogens is 8. The molecule has 26 heteroatoms. The molecule has 23 nitrogen and oxygen atoms in total. The van der Waals surface area contributed by atoms with E-state index in [-0.39, 0.29) is 36.4 Å². The van der Waals surface area contributed by atoms with E-state index < -0.39 is 11.9 Å². The second-order valence-corrected chi connectivity index (χ2v) is 25.1. The smallest absolute Gasteiger partial charge is 0.333 e. The number of nitrogens with zero attached hydrogens (tertiary/aromatic N) is 11. The molecule has 0 spiro atoms. The number of imidazole rings is 2. The van der Waals surface area contributed by atoms with Crippen molar-refractivity contribution in [3.05, 3.63) is 241 Å². The summed E-state index contributed by atoms with van der Waals surface area (Å²) in [5.74, 6) is -0.670. The average Bonchev–Trinajstić information content (AvgIpc) is 1.80. The Labute approximate surface area is 571 Å². The van der Waals surface area contributed by atoms with Crippen LogP contribution in [0.4, 0.5) is 29.0 Å². The molecule has 0 unspecified atom stereocenters. The van der Waals surface area contributed by atoms with Crippen LogP contribution in [-0.4, -0.2) is 105 Å². The predicted octanol–water partition coefficient (Wildman–Crippen LogP) is 13.0. The number of nitrogen functional groups attached to an aromatic ring is 2. The number of fused-ring (bicyclic) bond motifs is 2. The number of hydrogen-bond acceptors (Lipinski definition) is 20. The minimum absolute atomic E-state index is 0.0376. The first-order valence-corrected chi connectivity index (χ1v) is 32.1. The van der Waals surface area contributed by atoms with Crippen molar-refractivity contribution in [2.45, 2.75) is 26.3 Å². The second kappa shape index (κ2) is 33.2. The van der Waals surface area contributed by atoms with Crippen molar-refractivity contribution < 1.29 is 29.0 Å². The van der Waals surface area contributed by atoms with E-state index in [9.17, 15) is 14.4 Å². The van der Waals surface area contributed by atoms with Crippen LogP contribution in [0.5, 0.6) is 11.8 Å². The van der Waals surface area contributed by atoms with Gasteiger partial charge >= 0.3 is 5.97 Å². The highest BCUT2D eigenvalue weighted by molar-refractivity contribution is 7.17. The zero-order valence-corrected chi connectivity index (χ0v) is 56.0. The summed E-state index contributed by atoms with van der Waals surface area (Å²) in [5.41, 5.74) is 29.5.